The highest BCUT2D eigenvalue weighted by Gasteiger charge is 2.12. The molecule has 0 saturated heterocycles. The van der Waals surface area contributed by atoms with Crippen molar-refractivity contribution in [2.24, 2.45) is 0 Å². The fourth-order valence-corrected chi connectivity index (χ4v) is 1.55. The molecule has 108 valence electrons. The average Bonchev–Trinajstić information content (AvgIpc) is 2.45. The predicted octanol–water partition coefficient (Wildman–Crippen LogP) is 1.35. The van der Waals surface area contributed by atoms with Crippen LogP contribution < -0.4 is 14.8 Å². The molecule has 20 heavy (non-hydrogen) atoms. The maximum absolute atomic E-state index is 11.6. The van der Waals surface area contributed by atoms with Crippen LogP contribution >= 0.6 is 0 Å². The van der Waals surface area contributed by atoms with Crippen molar-refractivity contribution >= 4 is 18.0 Å². The lowest BCUT2D eigenvalue weighted by Crippen LogP contribution is -2.25. The molecule has 0 unspecified atom stereocenters. The molecular weight excluding hydrogens is 262 g/mol. The van der Waals surface area contributed by atoms with Crippen molar-refractivity contribution in [3.05, 3.63) is 29.5 Å². The third-order valence-corrected chi connectivity index (χ3v) is 2.43. The Balaban J connectivity index is 3.16. The maximum Gasteiger partial charge on any atom is 0.354 e. The second-order valence-electron chi connectivity index (χ2n) is 3.85. The van der Waals surface area contributed by atoms with E-state index >= 15 is 0 Å². The van der Waals surface area contributed by atoms with Crippen LogP contribution in [-0.2, 0) is 14.3 Å². The number of rotatable bonds is 5. The minimum Gasteiger partial charge on any atom is -0.493 e. The van der Waals surface area contributed by atoms with E-state index in [0.29, 0.717) is 17.1 Å². The van der Waals surface area contributed by atoms with Crippen LogP contribution in [0.5, 0.6) is 11.5 Å². The Morgan fingerprint density at radius 2 is 1.75 bits per heavy atom. The number of methoxy groups -OCH3 is 3. The van der Waals surface area contributed by atoms with Gasteiger partial charge >= 0.3 is 5.97 Å². The summed E-state index contributed by atoms with van der Waals surface area (Å²) in [4.78, 5) is 22.7. The molecular formula is C14H17NO5. The summed E-state index contributed by atoms with van der Waals surface area (Å²) in [5.74, 6) is 0.106. The van der Waals surface area contributed by atoms with Gasteiger partial charge in [0, 0.05) is 6.92 Å². The molecule has 1 amide bonds. The molecule has 0 atom stereocenters. The summed E-state index contributed by atoms with van der Waals surface area (Å²) >= 11 is 0. The Labute approximate surface area is 117 Å². The van der Waals surface area contributed by atoms with Crippen molar-refractivity contribution in [2.75, 3.05) is 21.3 Å². The molecule has 6 heteroatoms. The lowest BCUT2D eigenvalue weighted by molar-refractivity contribution is -0.137. The number of amides is 1. The molecule has 0 saturated carbocycles. The first-order chi connectivity index (χ1) is 9.51. The lowest BCUT2D eigenvalue weighted by Gasteiger charge is -2.09. The van der Waals surface area contributed by atoms with Gasteiger partial charge in [0.05, 0.1) is 21.3 Å². The van der Waals surface area contributed by atoms with E-state index in [-0.39, 0.29) is 11.6 Å². The topological polar surface area (TPSA) is 73.9 Å². The minimum atomic E-state index is -0.630. The third kappa shape index (κ3) is 4.01. The summed E-state index contributed by atoms with van der Waals surface area (Å²) in [5.41, 5.74) is 0.712. The smallest absolute Gasteiger partial charge is 0.354 e. The normalized spacial score (nSPS) is 10.7. The molecule has 0 aromatic heterocycles. The Kier molecular flexibility index (Phi) is 5.58. The van der Waals surface area contributed by atoms with E-state index in [4.69, 9.17) is 9.47 Å². The van der Waals surface area contributed by atoms with Crippen LogP contribution in [0.4, 0.5) is 0 Å². The number of carbonyl (C=O) groups is 2. The van der Waals surface area contributed by atoms with Gasteiger partial charge in [-0.2, -0.15) is 0 Å². The Bertz CT molecular complexity index is 536. The number of ether oxygens (including phenoxy) is 3. The van der Waals surface area contributed by atoms with Crippen LogP contribution in [0.3, 0.4) is 0 Å². The van der Waals surface area contributed by atoms with E-state index in [1.165, 1.54) is 34.3 Å². The molecule has 1 rings (SSSR count). The second kappa shape index (κ2) is 7.18. The first kappa shape index (κ1) is 15.6. The summed E-state index contributed by atoms with van der Waals surface area (Å²) in [6.45, 7) is 1.31. The Hall–Kier alpha value is -2.50. The first-order valence-electron chi connectivity index (χ1n) is 5.81. The van der Waals surface area contributed by atoms with Gasteiger partial charge in [-0.05, 0) is 23.8 Å². The van der Waals surface area contributed by atoms with Crippen molar-refractivity contribution in [3.8, 4) is 11.5 Å². The van der Waals surface area contributed by atoms with Gasteiger partial charge in [-0.25, -0.2) is 4.79 Å². The fourth-order valence-electron chi connectivity index (χ4n) is 1.55. The van der Waals surface area contributed by atoms with Crippen LogP contribution in [0.15, 0.2) is 23.9 Å². The van der Waals surface area contributed by atoms with Gasteiger partial charge in [0.2, 0.25) is 5.91 Å². The van der Waals surface area contributed by atoms with E-state index in [1.807, 2.05) is 0 Å². The zero-order chi connectivity index (χ0) is 15.1. The first-order valence-corrected chi connectivity index (χ1v) is 5.81. The molecule has 6 nitrogen and oxygen atoms in total. The molecule has 0 aliphatic heterocycles. The number of benzene rings is 1. The SMILES string of the molecule is COC(=O)/C(=C/c1ccc(OC)c(OC)c1)NC(C)=O. The standard InChI is InChI=1S/C14H17NO5/c1-9(16)15-11(14(17)20-4)7-10-5-6-12(18-2)13(8-10)19-3/h5-8H,1-4H3,(H,15,16)/b11-7-. The van der Waals surface area contributed by atoms with E-state index in [9.17, 15) is 9.59 Å². The maximum atomic E-state index is 11.6. The number of esters is 1. The van der Waals surface area contributed by atoms with Crippen molar-refractivity contribution in [3.63, 3.8) is 0 Å². The Morgan fingerprint density at radius 3 is 2.25 bits per heavy atom. The van der Waals surface area contributed by atoms with Gasteiger partial charge in [0.25, 0.3) is 0 Å². The largest absolute Gasteiger partial charge is 0.493 e. The molecule has 0 fully saturated rings. The van der Waals surface area contributed by atoms with Crippen molar-refractivity contribution in [2.45, 2.75) is 6.92 Å². The zero-order valence-corrected chi connectivity index (χ0v) is 11.9. The average molecular weight is 279 g/mol. The molecule has 0 aliphatic rings. The highest BCUT2D eigenvalue weighted by molar-refractivity contribution is 5.97. The third-order valence-electron chi connectivity index (χ3n) is 2.43. The second-order valence-corrected chi connectivity index (χ2v) is 3.85. The Morgan fingerprint density at radius 1 is 1.10 bits per heavy atom. The van der Waals surface area contributed by atoms with Gasteiger partial charge in [0.1, 0.15) is 5.70 Å². The molecule has 0 spiro atoms. The van der Waals surface area contributed by atoms with Crippen molar-refractivity contribution in [1.82, 2.24) is 5.32 Å². The number of hydrogen-bond donors (Lipinski definition) is 1. The van der Waals surface area contributed by atoms with Crippen LogP contribution in [0.2, 0.25) is 0 Å². The van der Waals surface area contributed by atoms with Crippen molar-refractivity contribution < 1.29 is 23.8 Å². The van der Waals surface area contributed by atoms with E-state index < -0.39 is 5.97 Å². The lowest BCUT2D eigenvalue weighted by atomic mass is 10.1. The minimum absolute atomic E-state index is 0.0484. The predicted molar refractivity (Wildman–Crippen MR) is 73.4 cm³/mol. The number of hydrogen-bond acceptors (Lipinski definition) is 5. The van der Waals surface area contributed by atoms with Crippen LogP contribution in [0, 0.1) is 0 Å². The van der Waals surface area contributed by atoms with Crippen LogP contribution in [-0.4, -0.2) is 33.2 Å². The summed E-state index contributed by atoms with van der Waals surface area (Å²) in [5, 5.41) is 2.42. The van der Waals surface area contributed by atoms with Gasteiger partial charge < -0.3 is 19.5 Å². The monoisotopic (exact) mass is 279 g/mol. The highest BCUT2D eigenvalue weighted by Crippen LogP contribution is 2.28. The highest BCUT2D eigenvalue weighted by atomic mass is 16.5. The molecule has 0 aliphatic carbocycles. The summed E-state index contributed by atoms with van der Waals surface area (Å²) in [6, 6.07) is 5.11. The van der Waals surface area contributed by atoms with Gasteiger partial charge in [-0.1, -0.05) is 6.07 Å². The van der Waals surface area contributed by atoms with Gasteiger partial charge in [-0.15, -0.1) is 0 Å². The van der Waals surface area contributed by atoms with Crippen LogP contribution in [0.1, 0.15) is 12.5 Å². The summed E-state index contributed by atoms with van der Waals surface area (Å²) < 4.78 is 14.9. The summed E-state index contributed by atoms with van der Waals surface area (Å²) in [7, 11) is 4.29. The van der Waals surface area contributed by atoms with E-state index in [2.05, 4.69) is 10.1 Å². The number of nitrogens with one attached hydrogen (secondary N) is 1. The quantitative estimate of drug-likeness (QED) is 0.650. The van der Waals surface area contributed by atoms with Gasteiger partial charge in [-0.3, -0.25) is 4.79 Å². The molecule has 0 radical (unpaired) electrons. The van der Waals surface area contributed by atoms with Gasteiger partial charge in [0.15, 0.2) is 11.5 Å². The van der Waals surface area contributed by atoms with E-state index in [0.717, 1.165) is 0 Å². The molecule has 1 N–H and O–H groups in total. The molecule has 0 heterocycles. The molecule has 0 bridgehead atoms. The van der Waals surface area contributed by atoms with Crippen molar-refractivity contribution in [1.29, 1.82) is 0 Å². The number of carbonyl (C=O) groups excluding carboxylic acids is 2. The molecule has 1 aromatic rings. The van der Waals surface area contributed by atoms with Crippen LogP contribution in [0.25, 0.3) is 6.08 Å². The van der Waals surface area contributed by atoms with E-state index in [1.54, 1.807) is 18.2 Å². The molecule has 1 aromatic carbocycles. The fraction of sp³-hybridized carbons (Fsp3) is 0.286. The zero-order valence-electron chi connectivity index (χ0n) is 11.9. The summed E-state index contributed by atoms with van der Waals surface area (Å²) in [6.07, 6.45) is 1.50.